The highest BCUT2D eigenvalue weighted by Crippen LogP contribution is 2.43. The highest BCUT2D eigenvalue weighted by molar-refractivity contribution is 7.98. The van der Waals surface area contributed by atoms with Crippen molar-refractivity contribution in [1.82, 2.24) is 4.90 Å². The SMILES string of the molecule is CCCOc1c(OC)cc(C2CCC(CN(CC(=O)c3ccc(O)c(C=O)c3)Cc3ccccc3)O2)cc1SC. The number of phenols is 1. The Balaban J connectivity index is 1.49. The number of Topliss-reactive ketones (excluding diaryl/α,β-unsaturated/α-hetero) is 1. The van der Waals surface area contributed by atoms with Gasteiger partial charge >= 0.3 is 0 Å². The van der Waals surface area contributed by atoms with Crippen molar-refractivity contribution in [3.63, 3.8) is 0 Å². The van der Waals surface area contributed by atoms with Crippen LogP contribution in [0, 0.1) is 0 Å². The minimum atomic E-state index is -0.135. The lowest BCUT2D eigenvalue weighted by Gasteiger charge is -2.25. The van der Waals surface area contributed by atoms with E-state index in [0.717, 1.165) is 41.0 Å². The van der Waals surface area contributed by atoms with Gasteiger partial charge in [0.1, 0.15) is 5.75 Å². The van der Waals surface area contributed by atoms with E-state index >= 15 is 0 Å². The average molecular weight is 564 g/mol. The maximum absolute atomic E-state index is 13.2. The van der Waals surface area contributed by atoms with E-state index in [-0.39, 0.29) is 35.8 Å². The van der Waals surface area contributed by atoms with Crippen molar-refractivity contribution in [3.8, 4) is 17.2 Å². The standard InChI is InChI=1S/C32H37NO6S/c1-4-14-38-32-30(37-2)16-24(17-31(32)40-3)29-13-11-26(39-29)19-33(18-22-8-6-5-7-9-22)20-28(36)23-10-12-27(35)25(15-23)21-34/h5-10,12,15-17,21,26,29,35H,4,11,13-14,18-20H2,1-3H3. The van der Waals surface area contributed by atoms with Gasteiger partial charge in [-0.3, -0.25) is 14.5 Å². The molecule has 0 radical (unpaired) electrons. The molecule has 4 rings (SSSR count). The summed E-state index contributed by atoms with van der Waals surface area (Å²) < 4.78 is 18.2. The van der Waals surface area contributed by atoms with Gasteiger partial charge in [-0.25, -0.2) is 0 Å². The second-order valence-electron chi connectivity index (χ2n) is 9.90. The van der Waals surface area contributed by atoms with Crippen LogP contribution in [0.1, 0.15) is 64.1 Å². The lowest BCUT2D eigenvalue weighted by molar-refractivity contribution is 0.0207. The summed E-state index contributed by atoms with van der Waals surface area (Å²) in [6, 6.07) is 18.5. The lowest BCUT2D eigenvalue weighted by Crippen LogP contribution is -2.36. The highest BCUT2D eigenvalue weighted by atomic mass is 32.2. The summed E-state index contributed by atoms with van der Waals surface area (Å²) in [5, 5.41) is 9.84. The molecule has 3 aromatic rings. The van der Waals surface area contributed by atoms with Crippen LogP contribution in [0.4, 0.5) is 0 Å². The van der Waals surface area contributed by atoms with Crippen molar-refractivity contribution in [2.75, 3.05) is 33.1 Å². The maximum atomic E-state index is 13.2. The Bertz CT molecular complexity index is 1270. The van der Waals surface area contributed by atoms with Crippen LogP contribution in [-0.2, 0) is 11.3 Å². The highest BCUT2D eigenvalue weighted by Gasteiger charge is 2.30. The third kappa shape index (κ3) is 7.44. The fourth-order valence-corrected chi connectivity index (χ4v) is 5.55. The van der Waals surface area contributed by atoms with Crippen LogP contribution in [0.5, 0.6) is 17.2 Å². The van der Waals surface area contributed by atoms with E-state index in [1.807, 2.05) is 42.7 Å². The second-order valence-corrected chi connectivity index (χ2v) is 10.7. The molecule has 1 aliphatic heterocycles. The van der Waals surface area contributed by atoms with Crippen LogP contribution >= 0.6 is 11.8 Å². The molecule has 1 fully saturated rings. The molecule has 0 aromatic heterocycles. The zero-order valence-electron chi connectivity index (χ0n) is 23.3. The molecule has 0 amide bonds. The van der Waals surface area contributed by atoms with Crippen molar-refractivity contribution >= 4 is 23.8 Å². The Morgan fingerprint density at radius 2 is 1.95 bits per heavy atom. The Morgan fingerprint density at radius 3 is 2.65 bits per heavy atom. The first-order valence-corrected chi connectivity index (χ1v) is 14.8. The van der Waals surface area contributed by atoms with Gasteiger partial charge in [0, 0.05) is 18.7 Å². The van der Waals surface area contributed by atoms with Crippen LogP contribution in [-0.4, -0.2) is 61.2 Å². The Labute approximate surface area is 240 Å². The number of aldehydes is 1. The van der Waals surface area contributed by atoms with E-state index in [2.05, 4.69) is 17.9 Å². The van der Waals surface area contributed by atoms with Crippen molar-refractivity contribution < 1.29 is 28.9 Å². The quantitative estimate of drug-likeness (QED) is 0.138. The minimum absolute atomic E-state index is 0.0494. The van der Waals surface area contributed by atoms with E-state index in [4.69, 9.17) is 14.2 Å². The van der Waals surface area contributed by atoms with E-state index in [0.29, 0.717) is 37.3 Å². The Hall–Kier alpha value is -3.33. The zero-order valence-corrected chi connectivity index (χ0v) is 24.1. The summed E-state index contributed by atoms with van der Waals surface area (Å²) >= 11 is 1.63. The predicted octanol–water partition coefficient (Wildman–Crippen LogP) is 6.33. The van der Waals surface area contributed by atoms with E-state index < -0.39 is 0 Å². The summed E-state index contributed by atoms with van der Waals surface area (Å²) in [7, 11) is 1.66. The van der Waals surface area contributed by atoms with Crippen molar-refractivity contribution in [1.29, 1.82) is 0 Å². The minimum Gasteiger partial charge on any atom is -0.507 e. The van der Waals surface area contributed by atoms with Crippen LogP contribution in [0.3, 0.4) is 0 Å². The first-order valence-electron chi connectivity index (χ1n) is 13.6. The molecule has 0 aliphatic carbocycles. The molecular weight excluding hydrogens is 526 g/mol. The molecule has 0 bridgehead atoms. The molecular formula is C32H37NO6S. The predicted molar refractivity (Wildman–Crippen MR) is 157 cm³/mol. The molecule has 2 unspecified atom stereocenters. The second kappa shape index (κ2) is 14.3. The molecule has 1 saturated heterocycles. The third-order valence-electron chi connectivity index (χ3n) is 6.97. The van der Waals surface area contributed by atoms with E-state index in [1.54, 1.807) is 24.9 Å². The average Bonchev–Trinajstić information content (AvgIpc) is 3.44. The number of phenolic OH excluding ortho intramolecular Hbond substituents is 1. The molecule has 3 aromatic carbocycles. The summed E-state index contributed by atoms with van der Waals surface area (Å²) in [6.07, 6.45) is 5.10. The number of carbonyl (C=O) groups is 2. The van der Waals surface area contributed by atoms with Gasteiger partial charge in [0.05, 0.1) is 42.9 Å². The van der Waals surface area contributed by atoms with Gasteiger partial charge in [-0.1, -0.05) is 37.3 Å². The normalized spacial score (nSPS) is 16.7. The molecule has 0 spiro atoms. The van der Waals surface area contributed by atoms with Crippen LogP contribution in [0.25, 0.3) is 0 Å². The Kier molecular flexibility index (Phi) is 10.6. The van der Waals surface area contributed by atoms with Gasteiger partial charge in [-0.15, -0.1) is 11.8 Å². The number of methoxy groups -OCH3 is 1. The zero-order chi connectivity index (χ0) is 28.5. The topological polar surface area (TPSA) is 85.3 Å². The first-order chi connectivity index (χ1) is 19.4. The smallest absolute Gasteiger partial charge is 0.176 e. The number of hydrogen-bond acceptors (Lipinski definition) is 8. The number of ether oxygens (including phenoxy) is 3. The molecule has 212 valence electrons. The summed E-state index contributed by atoms with van der Waals surface area (Å²) in [6.45, 7) is 4.04. The number of carbonyl (C=O) groups excluding carboxylic acids is 2. The van der Waals surface area contributed by atoms with Crippen molar-refractivity contribution in [2.24, 2.45) is 0 Å². The van der Waals surface area contributed by atoms with E-state index in [1.165, 1.54) is 12.1 Å². The summed E-state index contributed by atoms with van der Waals surface area (Å²) in [5.74, 6) is 1.23. The van der Waals surface area contributed by atoms with Gasteiger partial charge in [-0.05, 0) is 67.0 Å². The monoisotopic (exact) mass is 563 g/mol. The van der Waals surface area contributed by atoms with Gasteiger partial charge in [0.2, 0.25) is 0 Å². The van der Waals surface area contributed by atoms with Gasteiger partial charge in [0.25, 0.3) is 0 Å². The van der Waals surface area contributed by atoms with Crippen LogP contribution in [0.15, 0.2) is 65.6 Å². The van der Waals surface area contributed by atoms with Gasteiger partial charge in [-0.2, -0.15) is 0 Å². The molecule has 40 heavy (non-hydrogen) atoms. The molecule has 8 heteroatoms. The molecule has 2 atom stereocenters. The first kappa shape index (κ1) is 29.6. The van der Waals surface area contributed by atoms with Gasteiger partial charge in [0.15, 0.2) is 23.6 Å². The third-order valence-corrected chi connectivity index (χ3v) is 7.71. The van der Waals surface area contributed by atoms with Gasteiger partial charge < -0.3 is 19.3 Å². The fourth-order valence-electron chi connectivity index (χ4n) is 4.95. The van der Waals surface area contributed by atoms with E-state index in [9.17, 15) is 14.7 Å². The number of rotatable bonds is 14. The number of thioether (sulfide) groups is 1. The molecule has 0 saturated carbocycles. The number of aromatic hydroxyl groups is 1. The number of ketones is 1. The van der Waals surface area contributed by atoms with Crippen molar-refractivity contribution in [2.45, 2.75) is 49.8 Å². The van der Waals surface area contributed by atoms with Crippen molar-refractivity contribution in [3.05, 3.63) is 82.9 Å². The molecule has 1 N–H and O–H groups in total. The number of benzene rings is 3. The lowest BCUT2D eigenvalue weighted by atomic mass is 10.0. The number of hydrogen-bond donors (Lipinski definition) is 1. The molecule has 7 nitrogen and oxygen atoms in total. The fraction of sp³-hybridized carbons (Fsp3) is 0.375. The molecule has 1 heterocycles. The largest absolute Gasteiger partial charge is 0.507 e. The Morgan fingerprint density at radius 1 is 1.15 bits per heavy atom. The van der Waals surface area contributed by atoms with Crippen LogP contribution in [0.2, 0.25) is 0 Å². The van der Waals surface area contributed by atoms with Crippen LogP contribution < -0.4 is 9.47 Å². The molecule has 1 aliphatic rings. The number of nitrogens with zero attached hydrogens (tertiary/aromatic N) is 1. The summed E-state index contributed by atoms with van der Waals surface area (Å²) in [5.41, 5.74) is 2.66. The maximum Gasteiger partial charge on any atom is 0.176 e. The summed E-state index contributed by atoms with van der Waals surface area (Å²) in [4.78, 5) is 27.6.